The Hall–Kier alpha value is -3.71. The fourth-order valence-corrected chi connectivity index (χ4v) is 4.31. The fourth-order valence-electron chi connectivity index (χ4n) is 3.35. The second-order valence-corrected chi connectivity index (χ2v) is 10.2. The van der Waals surface area contributed by atoms with Gasteiger partial charge in [0, 0.05) is 17.2 Å². The van der Waals surface area contributed by atoms with Crippen LogP contribution in [0.5, 0.6) is 11.6 Å². The topological polar surface area (TPSA) is 81.2 Å². The number of anilines is 1. The molecule has 0 fully saturated rings. The highest BCUT2D eigenvalue weighted by atomic mass is 32.2. The van der Waals surface area contributed by atoms with Crippen molar-refractivity contribution in [3.8, 4) is 22.9 Å². The summed E-state index contributed by atoms with van der Waals surface area (Å²) in [5.41, 5.74) is 2.22. The van der Waals surface area contributed by atoms with E-state index in [4.69, 9.17) is 4.74 Å². The van der Waals surface area contributed by atoms with Gasteiger partial charge in [0.05, 0.1) is 10.6 Å². The van der Waals surface area contributed by atoms with Crippen LogP contribution in [-0.2, 0) is 15.4 Å². The standard InChI is InChI=1S/C26H25N3O3S/c1-26(2,3)21-16-10-11-17-23(21)32-24-18-22(19-12-6-4-7-13-19)27-25(28-24)29-33(30,31)20-14-8-5-9-15-20/h4-18H,1-3H3,(H,27,28,29). The highest BCUT2D eigenvalue weighted by molar-refractivity contribution is 7.92. The third kappa shape index (κ3) is 5.38. The highest BCUT2D eigenvalue weighted by Gasteiger charge is 2.21. The molecule has 1 N–H and O–H groups in total. The van der Waals surface area contributed by atoms with Crippen LogP contribution in [-0.4, -0.2) is 18.4 Å². The highest BCUT2D eigenvalue weighted by Crippen LogP contribution is 2.34. The average molecular weight is 460 g/mol. The van der Waals surface area contributed by atoms with Crippen molar-refractivity contribution in [3.63, 3.8) is 0 Å². The summed E-state index contributed by atoms with van der Waals surface area (Å²) < 4.78 is 34.4. The Kier molecular flexibility index (Phi) is 6.16. The van der Waals surface area contributed by atoms with E-state index >= 15 is 0 Å². The number of para-hydroxylation sites is 1. The molecule has 0 spiro atoms. The van der Waals surface area contributed by atoms with Crippen molar-refractivity contribution < 1.29 is 13.2 Å². The molecular weight excluding hydrogens is 434 g/mol. The number of nitrogens with one attached hydrogen (secondary N) is 1. The first-order chi connectivity index (χ1) is 15.7. The molecule has 4 rings (SSSR count). The minimum atomic E-state index is -3.86. The summed E-state index contributed by atoms with van der Waals surface area (Å²) in [4.78, 5) is 8.93. The maximum absolute atomic E-state index is 12.9. The van der Waals surface area contributed by atoms with Gasteiger partial charge in [-0.15, -0.1) is 0 Å². The van der Waals surface area contributed by atoms with Crippen molar-refractivity contribution in [2.45, 2.75) is 31.1 Å². The lowest BCUT2D eigenvalue weighted by Crippen LogP contribution is -2.16. The predicted molar refractivity (Wildman–Crippen MR) is 130 cm³/mol. The van der Waals surface area contributed by atoms with Crippen molar-refractivity contribution in [1.29, 1.82) is 0 Å². The summed E-state index contributed by atoms with van der Waals surface area (Å²) in [6.45, 7) is 6.30. The molecule has 33 heavy (non-hydrogen) atoms. The molecule has 7 heteroatoms. The van der Waals surface area contributed by atoms with Crippen LogP contribution in [0.2, 0.25) is 0 Å². The van der Waals surface area contributed by atoms with Gasteiger partial charge in [-0.1, -0.05) is 87.5 Å². The lowest BCUT2D eigenvalue weighted by atomic mass is 9.86. The summed E-state index contributed by atoms with van der Waals surface area (Å²) in [6.07, 6.45) is 0. The molecule has 0 amide bonds. The van der Waals surface area contributed by atoms with Crippen LogP contribution < -0.4 is 9.46 Å². The molecule has 0 unspecified atom stereocenters. The lowest BCUT2D eigenvalue weighted by Gasteiger charge is -2.22. The van der Waals surface area contributed by atoms with Crippen LogP contribution in [0.4, 0.5) is 5.95 Å². The number of nitrogens with zero attached hydrogens (tertiary/aromatic N) is 2. The molecule has 6 nitrogen and oxygen atoms in total. The second-order valence-electron chi connectivity index (χ2n) is 8.55. The van der Waals surface area contributed by atoms with E-state index in [0.717, 1.165) is 11.1 Å². The molecule has 0 saturated carbocycles. The molecule has 0 atom stereocenters. The van der Waals surface area contributed by atoms with E-state index in [0.29, 0.717) is 11.4 Å². The first kappa shape index (κ1) is 22.5. The molecule has 0 radical (unpaired) electrons. The zero-order valence-corrected chi connectivity index (χ0v) is 19.5. The summed E-state index contributed by atoms with van der Waals surface area (Å²) in [5.74, 6) is 0.828. The third-order valence-electron chi connectivity index (χ3n) is 4.96. The van der Waals surface area contributed by atoms with Crippen LogP contribution in [0.15, 0.2) is 95.9 Å². The van der Waals surface area contributed by atoms with E-state index in [1.807, 2.05) is 54.6 Å². The van der Waals surface area contributed by atoms with Gasteiger partial charge in [0.15, 0.2) is 0 Å². The van der Waals surface area contributed by atoms with Gasteiger partial charge in [-0.3, -0.25) is 0 Å². The Bertz CT molecular complexity index is 1350. The zero-order chi connectivity index (χ0) is 23.5. The van der Waals surface area contributed by atoms with Crippen LogP contribution in [0.3, 0.4) is 0 Å². The van der Waals surface area contributed by atoms with Crippen LogP contribution in [0.1, 0.15) is 26.3 Å². The number of benzene rings is 3. The minimum absolute atomic E-state index is 0.0663. The van der Waals surface area contributed by atoms with Crippen LogP contribution in [0, 0.1) is 0 Å². The zero-order valence-electron chi connectivity index (χ0n) is 18.7. The maximum atomic E-state index is 12.9. The number of rotatable bonds is 6. The molecule has 0 aliphatic heterocycles. The summed E-state index contributed by atoms with van der Waals surface area (Å²) >= 11 is 0. The minimum Gasteiger partial charge on any atom is -0.439 e. The Morgan fingerprint density at radius 1 is 0.788 bits per heavy atom. The smallest absolute Gasteiger partial charge is 0.264 e. The van der Waals surface area contributed by atoms with Crippen molar-refractivity contribution in [2.75, 3.05) is 4.72 Å². The van der Waals surface area contributed by atoms with Crippen LogP contribution in [0.25, 0.3) is 11.3 Å². The van der Waals surface area contributed by atoms with Gasteiger partial charge < -0.3 is 4.74 Å². The third-order valence-corrected chi connectivity index (χ3v) is 6.31. The van der Waals surface area contributed by atoms with Crippen molar-refractivity contribution in [2.24, 2.45) is 0 Å². The van der Waals surface area contributed by atoms with Gasteiger partial charge in [-0.2, -0.15) is 4.98 Å². The molecule has 4 aromatic rings. The molecule has 1 aromatic heterocycles. The van der Waals surface area contributed by atoms with E-state index in [2.05, 4.69) is 35.5 Å². The van der Waals surface area contributed by atoms with Gasteiger partial charge in [-0.05, 0) is 23.6 Å². The quantitative estimate of drug-likeness (QED) is 0.380. The van der Waals surface area contributed by atoms with Gasteiger partial charge in [-0.25, -0.2) is 18.1 Å². The Morgan fingerprint density at radius 2 is 1.39 bits per heavy atom. The van der Waals surface area contributed by atoms with Gasteiger partial charge in [0.2, 0.25) is 11.8 Å². The summed E-state index contributed by atoms with van der Waals surface area (Å²) in [7, 11) is -3.86. The fraction of sp³-hybridized carbons (Fsp3) is 0.154. The van der Waals surface area contributed by atoms with Gasteiger partial charge in [0.25, 0.3) is 10.0 Å². The second kappa shape index (κ2) is 9.03. The van der Waals surface area contributed by atoms with E-state index in [1.165, 1.54) is 12.1 Å². The van der Waals surface area contributed by atoms with Crippen molar-refractivity contribution in [3.05, 3.63) is 96.6 Å². The van der Waals surface area contributed by atoms with Crippen LogP contribution >= 0.6 is 0 Å². The molecule has 0 aliphatic rings. The molecular formula is C26H25N3O3S. The maximum Gasteiger partial charge on any atom is 0.264 e. The number of ether oxygens (including phenoxy) is 1. The number of hydrogen-bond donors (Lipinski definition) is 1. The largest absolute Gasteiger partial charge is 0.439 e. The Labute approximate surface area is 194 Å². The number of hydrogen-bond acceptors (Lipinski definition) is 5. The molecule has 0 aliphatic carbocycles. The molecule has 168 valence electrons. The van der Waals surface area contributed by atoms with Crippen molar-refractivity contribution >= 4 is 16.0 Å². The molecule has 0 bridgehead atoms. The molecule has 3 aromatic carbocycles. The Morgan fingerprint density at radius 3 is 2.06 bits per heavy atom. The van der Waals surface area contributed by atoms with E-state index in [1.54, 1.807) is 24.3 Å². The van der Waals surface area contributed by atoms with E-state index < -0.39 is 10.0 Å². The number of sulfonamides is 1. The first-order valence-electron chi connectivity index (χ1n) is 10.5. The Balaban J connectivity index is 1.77. The summed E-state index contributed by atoms with van der Waals surface area (Å²) in [6, 6.07) is 27.0. The van der Waals surface area contributed by atoms with Gasteiger partial charge >= 0.3 is 0 Å². The summed E-state index contributed by atoms with van der Waals surface area (Å²) in [5, 5.41) is 0. The van der Waals surface area contributed by atoms with Gasteiger partial charge in [0.1, 0.15) is 5.75 Å². The SMILES string of the molecule is CC(C)(C)c1ccccc1Oc1cc(-c2ccccc2)nc(NS(=O)(=O)c2ccccc2)n1. The predicted octanol–water partition coefficient (Wildman–Crippen LogP) is 6.03. The average Bonchev–Trinajstić information content (AvgIpc) is 2.79. The van der Waals surface area contributed by atoms with E-state index in [-0.39, 0.29) is 22.1 Å². The van der Waals surface area contributed by atoms with Crippen molar-refractivity contribution in [1.82, 2.24) is 9.97 Å². The monoisotopic (exact) mass is 459 g/mol. The lowest BCUT2D eigenvalue weighted by molar-refractivity contribution is 0.440. The van der Waals surface area contributed by atoms with E-state index in [9.17, 15) is 8.42 Å². The normalized spacial score (nSPS) is 11.7. The molecule has 0 saturated heterocycles. The first-order valence-corrected chi connectivity index (χ1v) is 12.0. The molecule has 1 heterocycles. The number of aromatic nitrogens is 2.